The number of anilines is 2. The lowest BCUT2D eigenvalue weighted by Gasteiger charge is -2.18. The number of hydrazine groups is 1. The zero-order valence-corrected chi connectivity index (χ0v) is 9.54. The highest BCUT2D eigenvalue weighted by Gasteiger charge is 2.09. The Morgan fingerprint density at radius 2 is 2.13 bits per heavy atom. The smallest absolute Gasteiger partial charge is 0.239 e. The van der Waals surface area contributed by atoms with Crippen LogP contribution in [-0.4, -0.2) is 16.5 Å². The summed E-state index contributed by atoms with van der Waals surface area (Å²) in [6, 6.07) is 1.82. The minimum Gasteiger partial charge on any atom is -0.370 e. The number of hydrogen-bond donors (Lipinski definition) is 3. The van der Waals surface area contributed by atoms with Crippen LogP contribution in [0.1, 0.15) is 27.2 Å². The molecule has 0 saturated carbocycles. The van der Waals surface area contributed by atoms with Crippen LogP contribution < -0.4 is 16.6 Å². The van der Waals surface area contributed by atoms with Crippen LogP contribution in [-0.2, 0) is 0 Å². The molecule has 5 nitrogen and oxygen atoms in total. The molecule has 0 saturated heterocycles. The third-order valence-electron chi connectivity index (χ3n) is 1.97. The maximum atomic E-state index is 5.21. The number of nitrogens with two attached hydrogens (primary N) is 1. The number of nitrogens with one attached hydrogen (secondary N) is 2. The lowest BCUT2D eigenvalue weighted by atomic mass is 9.92. The van der Waals surface area contributed by atoms with Gasteiger partial charge in [0.15, 0.2) is 0 Å². The molecule has 84 valence electrons. The molecule has 0 amide bonds. The number of nitrogen functional groups attached to an aromatic ring is 1. The quantitative estimate of drug-likeness (QED) is 0.519. The molecule has 0 aromatic carbocycles. The second-order valence-electron chi connectivity index (χ2n) is 4.65. The summed E-state index contributed by atoms with van der Waals surface area (Å²) in [6.07, 6.45) is 2.75. The average Bonchev–Trinajstić information content (AvgIpc) is 2.16. The van der Waals surface area contributed by atoms with Crippen molar-refractivity contribution in [3.63, 3.8) is 0 Å². The molecule has 0 aliphatic rings. The summed E-state index contributed by atoms with van der Waals surface area (Å²) in [5.41, 5.74) is 2.74. The van der Waals surface area contributed by atoms with Gasteiger partial charge in [-0.1, -0.05) is 20.8 Å². The SMILES string of the molecule is CC(C)(C)CCNc1ccnc(NN)n1. The van der Waals surface area contributed by atoms with E-state index in [0.717, 1.165) is 18.8 Å². The zero-order valence-electron chi connectivity index (χ0n) is 9.54. The maximum absolute atomic E-state index is 5.21. The fourth-order valence-corrected chi connectivity index (χ4v) is 1.09. The maximum Gasteiger partial charge on any atom is 0.239 e. The minimum absolute atomic E-state index is 0.328. The Balaban J connectivity index is 2.44. The van der Waals surface area contributed by atoms with Crippen LogP contribution in [0.2, 0.25) is 0 Å². The first-order valence-corrected chi connectivity index (χ1v) is 5.05. The summed E-state index contributed by atoms with van der Waals surface area (Å²) in [4.78, 5) is 8.08. The van der Waals surface area contributed by atoms with Crippen LogP contribution in [0, 0.1) is 5.41 Å². The van der Waals surface area contributed by atoms with Crippen molar-refractivity contribution in [2.75, 3.05) is 17.3 Å². The van der Waals surface area contributed by atoms with E-state index in [4.69, 9.17) is 5.84 Å². The van der Waals surface area contributed by atoms with Gasteiger partial charge >= 0.3 is 0 Å². The van der Waals surface area contributed by atoms with Crippen molar-refractivity contribution in [1.29, 1.82) is 0 Å². The van der Waals surface area contributed by atoms with Gasteiger partial charge in [0.2, 0.25) is 5.95 Å². The molecule has 5 heteroatoms. The number of aromatic nitrogens is 2. The van der Waals surface area contributed by atoms with E-state index in [1.54, 1.807) is 6.20 Å². The molecule has 0 fully saturated rings. The normalized spacial score (nSPS) is 11.2. The summed E-state index contributed by atoms with van der Waals surface area (Å²) >= 11 is 0. The van der Waals surface area contributed by atoms with Crippen molar-refractivity contribution in [3.8, 4) is 0 Å². The van der Waals surface area contributed by atoms with E-state index in [9.17, 15) is 0 Å². The fraction of sp³-hybridized carbons (Fsp3) is 0.600. The van der Waals surface area contributed by atoms with Crippen LogP contribution in [0.25, 0.3) is 0 Å². The highest BCUT2D eigenvalue weighted by molar-refractivity contribution is 5.38. The first kappa shape index (κ1) is 11.7. The molecule has 0 radical (unpaired) electrons. The number of hydrogen-bond acceptors (Lipinski definition) is 5. The van der Waals surface area contributed by atoms with E-state index < -0.39 is 0 Å². The van der Waals surface area contributed by atoms with E-state index in [0.29, 0.717) is 11.4 Å². The van der Waals surface area contributed by atoms with Gasteiger partial charge < -0.3 is 5.32 Å². The molecule has 15 heavy (non-hydrogen) atoms. The lowest BCUT2D eigenvalue weighted by Crippen LogP contribution is -2.15. The van der Waals surface area contributed by atoms with Gasteiger partial charge in [0.25, 0.3) is 0 Å². The molecule has 0 unspecified atom stereocenters. The van der Waals surface area contributed by atoms with Crippen molar-refractivity contribution < 1.29 is 0 Å². The molecule has 0 aliphatic carbocycles. The Hall–Kier alpha value is -1.36. The van der Waals surface area contributed by atoms with E-state index in [-0.39, 0.29) is 0 Å². The van der Waals surface area contributed by atoms with Crippen molar-refractivity contribution in [2.45, 2.75) is 27.2 Å². The van der Waals surface area contributed by atoms with Gasteiger partial charge in [-0.25, -0.2) is 10.8 Å². The molecule has 1 aromatic heterocycles. The Morgan fingerprint density at radius 1 is 1.40 bits per heavy atom. The van der Waals surface area contributed by atoms with Gasteiger partial charge in [-0.2, -0.15) is 4.98 Å². The van der Waals surface area contributed by atoms with Crippen LogP contribution in [0.4, 0.5) is 11.8 Å². The molecule has 0 spiro atoms. The van der Waals surface area contributed by atoms with Gasteiger partial charge in [-0.3, -0.25) is 5.43 Å². The highest BCUT2D eigenvalue weighted by atomic mass is 15.3. The molecule has 1 rings (SSSR count). The lowest BCUT2D eigenvalue weighted by molar-refractivity contribution is 0.389. The molecule has 1 aromatic rings. The molecular formula is C10H19N5. The first-order valence-electron chi connectivity index (χ1n) is 5.05. The molecule has 0 atom stereocenters. The standard InChI is InChI=1S/C10H19N5/c1-10(2,3)5-7-12-8-4-6-13-9(14-8)15-11/h4,6H,5,7,11H2,1-3H3,(H2,12,13,14,15). The summed E-state index contributed by atoms with van der Waals surface area (Å²) in [6.45, 7) is 7.52. The third-order valence-corrected chi connectivity index (χ3v) is 1.97. The predicted molar refractivity (Wildman–Crippen MR) is 62.4 cm³/mol. The summed E-state index contributed by atoms with van der Waals surface area (Å²) < 4.78 is 0. The van der Waals surface area contributed by atoms with Crippen LogP contribution >= 0.6 is 0 Å². The Morgan fingerprint density at radius 3 is 2.73 bits per heavy atom. The van der Waals surface area contributed by atoms with Gasteiger partial charge in [0.05, 0.1) is 0 Å². The van der Waals surface area contributed by atoms with Gasteiger partial charge in [-0.05, 0) is 17.9 Å². The fourth-order valence-electron chi connectivity index (χ4n) is 1.09. The Kier molecular flexibility index (Phi) is 3.85. The topological polar surface area (TPSA) is 75.9 Å². The van der Waals surface area contributed by atoms with Crippen molar-refractivity contribution in [3.05, 3.63) is 12.3 Å². The predicted octanol–water partition coefficient (Wildman–Crippen LogP) is 1.61. The summed E-state index contributed by atoms with van der Waals surface area (Å²) in [5.74, 6) is 6.43. The van der Waals surface area contributed by atoms with Crippen LogP contribution in [0.15, 0.2) is 12.3 Å². The summed E-state index contributed by atoms with van der Waals surface area (Å²) in [7, 11) is 0. The minimum atomic E-state index is 0.328. The second-order valence-corrected chi connectivity index (χ2v) is 4.65. The average molecular weight is 209 g/mol. The molecule has 0 aliphatic heterocycles. The van der Waals surface area contributed by atoms with E-state index in [1.165, 1.54) is 0 Å². The van der Waals surface area contributed by atoms with Gasteiger partial charge in [-0.15, -0.1) is 0 Å². The van der Waals surface area contributed by atoms with Gasteiger partial charge in [0, 0.05) is 12.7 Å². The summed E-state index contributed by atoms with van der Waals surface area (Å²) in [5, 5.41) is 3.23. The Labute approximate surface area is 90.5 Å². The van der Waals surface area contributed by atoms with Crippen molar-refractivity contribution in [2.24, 2.45) is 11.3 Å². The van der Waals surface area contributed by atoms with Crippen LogP contribution in [0.3, 0.4) is 0 Å². The van der Waals surface area contributed by atoms with Gasteiger partial charge in [0.1, 0.15) is 5.82 Å². The number of nitrogens with zero attached hydrogens (tertiary/aromatic N) is 2. The van der Waals surface area contributed by atoms with Crippen LogP contribution in [0.5, 0.6) is 0 Å². The monoisotopic (exact) mass is 209 g/mol. The van der Waals surface area contributed by atoms with E-state index in [2.05, 4.69) is 41.5 Å². The second kappa shape index (κ2) is 4.93. The molecule has 4 N–H and O–H groups in total. The molecular weight excluding hydrogens is 190 g/mol. The third kappa shape index (κ3) is 4.60. The van der Waals surface area contributed by atoms with Crippen molar-refractivity contribution >= 4 is 11.8 Å². The Bertz CT molecular complexity index is 305. The molecule has 0 bridgehead atoms. The van der Waals surface area contributed by atoms with Crippen molar-refractivity contribution in [1.82, 2.24) is 9.97 Å². The largest absolute Gasteiger partial charge is 0.370 e. The number of rotatable bonds is 4. The van der Waals surface area contributed by atoms with E-state index in [1.807, 2.05) is 6.07 Å². The molecule has 1 heterocycles. The highest BCUT2D eigenvalue weighted by Crippen LogP contribution is 2.18. The first-order chi connectivity index (χ1) is 7.01. The zero-order chi connectivity index (χ0) is 11.3. The van der Waals surface area contributed by atoms with E-state index >= 15 is 0 Å².